The van der Waals surface area contributed by atoms with Gasteiger partial charge in [-0.05, 0) is 30.5 Å². The smallest absolute Gasteiger partial charge is 0.0163 e. The first-order chi connectivity index (χ1) is 5.84. The van der Waals surface area contributed by atoms with Crippen LogP contribution >= 0.6 is 22.7 Å². The molecular weight excluding hydrogens is 184 g/mol. The number of aryl methyl sites for hydroxylation is 1. The minimum Gasteiger partial charge on any atom is -0.149 e. The first kappa shape index (κ1) is 8.02. The molecule has 0 bridgehead atoms. The maximum absolute atomic E-state index is 2.22. The summed E-state index contributed by atoms with van der Waals surface area (Å²) in [5.74, 6) is 0. The van der Waals surface area contributed by atoms with Crippen LogP contribution in [-0.2, 0) is 6.42 Å². The number of hydrogen-bond donors (Lipinski definition) is 0. The molecule has 0 aliphatic rings. The summed E-state index contributed by atoms with van der Waals surface area (Å²) >= 11 is 3.73. The Morgan fingerprint density at radius 3 is 2.67 bits per heavy atom. The van der Waals surface area contributed by atoms with Crippen LogP contribution in [0.5, 0.6) is 0 Å². The molecule has 0 saturated heterocycles. The lowest BCUT2D eigenvalue weighted by molar-refractivity contribution is 1.31. The normalized spacial score (nSPS) is 10.4. The van der Waals surface area contributed by atoms with E-state index in [0.717, 1.165) is 6.42 Å². The van der Waals surface area contributed by atoms with Gasteiger partial charge in [0.2, 0.25) is 0 Å². The highest BCUT2D eigenvalue weighted by Crippen LogP contribution is 2.21. The standard InChI is InChI=1S/C10H10S2/c1-8-4-5-10(12-8)7-9-3-2-6-11-9/h2-6H,7H2,1H3. The van der Waals surface area contributed by atoms with Crippen LogP contribution < -0.4 is 0 Å². The number of hydrogen-bond acceptors (Lipinski definition) is 2. The molecule has 0 radical (unpaired) electrons. The van der Waals surface area contributed by atoms with Crippen LogP contribution in [0.15, 0.2) is 29.6 Å². The fraction of sp³-hybridized carbons (Fsp3) is 0.200. The molecule has 0 N–H and O–H groups in total. The van der Waals surface area contributed by atoms with Crippen LogP contribution in [0, 0.1) is 6.92 Å². The lowest BCUT2D eigenvalue weighted by Crippen LogP contribution is -1.75. The van der Waals surface area contributed by atoms with Gasteiger partial charge in [-0.2, -0.15) is 0 Å². The molecular formula is C10H10S2. The van der Waals surface area contributed by atoms with Crippen LogP contribution in [0.1, 0.15) is 14.6 Å². The van der Waals surface area contributed by atoms with E-state index in [1.54, 1.807) is 0 Å². The summed E-state index contributed by atoms with van der Waals surface area (Å²) in [5.41, 5.74) is 0. The molecule has 0 aliphatic heterocycles. The molecule has 0 aromatic carbocycles. The topological polar surface area (TPSA) is 0 Å². The molecule has 0 spiro atoms. The van der Waals surface area contributed by atoms with E-state index in [4.69, 9.17) is 0 Å². The van der Waals surface area contributed by atoms with E-state index < -0.39 is 0 Å². The Morgan fingerprint density at radius 2 is 2.08 bits per heavy atom. The third kappa shape index (κ3) is 1.76. The molecule has 12 heavy (non-hydrogen) atoms. The Morgan fingerprint density at radius 1 is 1.17 bits per heavy atom. The molecule has 0 unspecified atom stereocenters. The fourth-order valence-corrected chi connectivity index (χ4v) is 2.90. The summed E-state index contributed by atoms with van der Waals surface area (Å²) in [7, 11) is 0. The van der Waals surface area contributed by atoms with Gasteiger partial charge in [0.25, 0.3) is 0 Å². The summed E-state index contributed by atoms with van der Waals surface area (Å²) in [6, 6.07) is 8.72. The zero-order chi connectivity index (χ0) is 8.39. The second-order valence-corrected chi connectivity index (χ2v) is 5.17. The van der Waals surface area contributed by atoms with Gasteiger partial charge in [-0.15, -0.1) is 22.7 Å². The molecule has 2 heterocycles. The molecule has 2 aromatic rings. The van der Waals surface area contributed by atoms with Crippen molar-refractivity contribution in [3.8, 4) is 0 Å². The maximum atomic E-state index is 2.22. The quantitative estimate of drug-likeness (QED) is 0.683. The van der Waals surface area contributed by atoms with Gasteiger partial charge >= 0.3 is 0 Å². The second kappa shape index (κ2) is 3.42. The van der Waals surface area contributed by atoms with E-state index in [1.807, 2.05) is 22.7 Å². The first-order valence-electron chi connectivity index (χ1n) is 3.92. The van der Waals surface area contributed by atoms with Gasteiger partial charge in [-0.1, -0.05) is 6.07 Å². The van der Waals surface area contributed by atoms with Crippen LogP contribution in [-0.4, -0.2) is 0 Å². The van der Waals surface area contributed by atoms with Gasteiger partial charge in [0, 0.05) is 21.1 Å². The van der Waals surface area contributed by atoms with Crippen LogP contribution in [0.2, 0.25) is 0 Å². The van der Waals surface area contributed by atoms with E-state index in [1.165, 1.54) is 14.6 Å². The molecule has 2 heteroatoms. The molecule has 0 amide bonds. The third-order valence-electron chi connectivity index (χ3n) is 1.72. The van der Waals surface area contributed by atoms with E-state index in [0.29, 0.717) is 0 Å². The molecule has 0 nitrogen and oxygen atoms in total. The summed E-state index contributed by atoms with van der Waals surface area (Å²) in [5, 5.41) is 2.13. The minimum atomic E-state index is 1.11. The van der Waals surface area contributed by atoms with Gasteiger partial charge in [0.15, 0.2) is 0 Å². The SMILES string of the molecule is Cc1ccc(Cc2cccs2)s1. The Bertz CT molecular complexity index is 344. The van der Waals surface area contributed by atoms with E-state index in [-0.39, 0.29) is 0 Å². The number of thiophene rings is 2. The van der Waals surface area contributed by atoms with Crippen LogP contribution in [0.25, 0.3) is 0 Å². The van der Waals surface area contributed by atoms with E-state index >= 15 is 0 Å². The second-order valence-electron chi connectivity index (χ2n) is 2.77. The van der Waals surface area contributed by atoms with Crippen LogP contribution in [0.3, 0.4) is 0 Å². The summed E-state index contributed by atoms with van der Waals surface area (Å²) < 4.78 is 0. The molecule has 0 fully saturated rings. The average Bonchev–Trinajstić information content (AvgIpc) is 2.63. The monoisotopic (exact) mass is 194 g/mol. The largest absolute Gasteiger partial charge is 0.149 e. The highest BCUT2D eigenvalue weighted by atomic mass is 32.1. The summed E-state index contributed by atoms with van der Waals surface area (Å²) in [6.45, 7) is 2.16. The Labute approximate surface area is 80.5 Å². The number of rotatable bonds is 2. The molecule has 2 rings (SSSR count). The highest BCUT2D eigenvalue weighted by Gasteiger charge is 1.98. The summed E-state index contributed by atoms with van der Waals surface area (Å²) in [6.07, 6.45) is 1.11. The molecule has 0 atom stereocenters. The van der Waals surface area contributed by atoms with Crippen molar-refractivity contribution < 1.29 is 0 Å². The highest BCUT2D eigenvalue weighted by molar-refractivity contribution is 7.12. The van der Waals surface area contributed by atoms with Crippen LogP contribution in [0.4, 0.5) is 0 Å². The zero-order valence-corrected chi connectivity index (χ0v) is 8.54. The first-order valence-corrected chi connectivity index (χ1v) is 5.62. The Kier molecular flexibility index (Phi) is 2.28. The summed E-state index contributed by atoms with van der Waals surface area (Å²) in [4.78, 5) is 4.33. The average molecular weight is 194 g/mol. The predicted octanol–water partition coefficient (Wildman–Crippen LogP) is 3.71. The molecule has 62 valence electrons. The molecule has 2 aromatic heterocycles. The predicted molar refractivity (Wildman–Crippen MR) is 56.2 cm³/mol. The zero-order valence-electron chi connectivity index (χ0n) is 6.91. The van der Waals surface area contributed by atoms with Crippen molar-refractivity contribution in [2.24, 2.45) is 0 Å². The van der Waals surface area contributed by atoms with Crippen molar-refractivity contribution in [2.45, 2.75) is 13.3 Å². The van der Waals surface area contributed by atoms with Gasteiger partial charge in [0.05, 0.1) is 0 Å². The van der Waals surface area contributed by atoms with Crippen molar-refractivity contribution in [1.29, 1.82) is 0 Å². The lowest BCUT2D eigenvalue weighted by Gasteiger charge is -1.90. The van der Waals surface area contributed by atoms with Gasteiger partial charge in [-0.3, -0.25) is 0 Å². The van der Waals surface area contributed by atoms with Crippen molar-refractivity contribution in [3.05, 3.63) is 44.3 Å². The van der Waals surface area contributed by atoms with Gasteiger partial charge in [0.1, 0.15) is 0 Å². The van der Waals surface area contributed by atoms with Crippen molar-refractivity contribution in [1.82, 2.24) is 0 Å². The lowest BCUT2D eigenvalue weighted by atomic mass is 10.3. The Balaban J connectivity index is 2.14. The van der Waals surface area contributed by atoms with E-state index in [9.17, 15) is 0 Å². The Hall–Kier alpha value is -0.600. The van der Waals surface area contributed by atoms with Crippen molar-refractivity contribution in [2.75, 3.05) is 0 Å². The van der Waals surface area contributed by atoms with Crippen molar-refractivity contribution in [3.63, 3.8) is 0 Å². The molecule has 0 aliphatic carbocycles. The molecule has 0 saturated carbocycles. The van der Waals surface area contributed by atoms with E-state index in [2.05, 4.69) is 36.6 Å². The maximum Gasteiger partial charge on any atom is 0.0163 e. The third-order valence-corrected chi connectivity index (χ3v) is 3.60. The van der Waals surface area contributed by atoms with Gasteiger partial charge in [-0.25, -0.2) is 0 Å². The van der Waals surface area contributed by atoms with Gasteiger partial charge < -0.3 is 0 Å². The minimum absolute atomic E-state index is 1.11. The van der Waals surface area contributed by atoms with Crippen molar-refractivity contribution >= 4 is 22.7 Å². The fourth-order valence-electron chi connectivity index (χ4n) is 1.17.